The number of thioether (sulfide) groups is 1. The molecule has 1 aromatic heterocycles. The van der Waals surface area contributed by atoms with Gasteiger partial charge in [0.2, 0.25) is 5.13 Å². The van der Waals surface area contributed by atoms with Gasteiger partial charge in [0.05, 0.1) is 24.3 Å². The Morgan fingerprint density at radius 1 is 1.09 bits per heavy atom. The molecule has 0 saturated carbocycles. The molecule has 43 heavy (non-hydrogen) atoms. The third kappa shape index (κ3) is 5.63. The minimum Gasteiger partial charge on any atom is -0.507 e. The number of aliphatic hydroxyl groups is 1. The molecule has 0 bridgehead atoms. The van der Waals surface area contributed by atoms with Crippen LogP contribution in [-0.2, 0) is 26.5 Å². The number of ether oxygens (including phenoxy) is 2. The summed E-state index contributed by atoms with van der Waals surface area (Å²) in [5, 5.41) is 20.9. The third-order valence-electron chi connectivity index (χ3n) is 7.14. The Labute approximate surface area is 260 Å². The van der Waals surface area contributed by atoms with Gasteiger partial charge in [-0.15, -0.1) is 10.2 Å². The average molecular weight is 634 g/mol. The molecule has 1 fully saturated rings. The molecule has 1 amide bonds. The van der Waals surface area contributed by atoms with Crippen molar-refractivity contribution in [2.75, 3.05) is 12.0 Å². The summed E-state index contributed by atoms with van der Waals surface area (Å²) in [4.78, 5) is 40.5. The predicted molar refractivity (Wildman–Crippen MR) is 164 cm³/mol. The summed E-state index contributed by atoms with van der Waals surface area (Å²) < 4.78 is 11.2. The van der Waals surface area contributed by atoms with E-state index in [4.69, 9.17) is 21.1 Å². The Bertz CT molecular complexity index is 1770. The number of anilines is 1. The van der Waals surface area contributed by atoms with Crippen LogP contribution in [0.1, 0.15) is 45.6 Å². The molecule has 0 aliphatic carbocycles. The van der Waals surface area contributed by atoms with Gasteiger partial charge in [0.15, 0.2) is 4.34 Å². The topological polar surface area (TPSA) is 119 Å². The van der Waals surface area contributed by atoms with Crippen molar-refractivity contribution in [3.8, 4) is 5.75 Å². The summed E-state index contributed by atoms with van der Waals surface area (Å²) >= 11 is 8.59. The summed E-state index contributed by atoms with van der Waals surface area (Å²) in [6.45, 7) is 1.95. The van der Waals surface area contributed by atoms with E-state index in [1.165, 1.54) is 35.1 Å². The minimum atomic E-state index is -1.02. The zero-order chi connectivity index (χ0) is 30.2. The van der Waals surface area contributed by atoms with Gasteiger partial charge in [-0.3, -0.25) is 14.5 Å². The molecule has 12 heteroatoms. The van der Waals surface area contributed by atoms with Crippen molar-refractivity contribution in [2.24, 2.45) is 0 Å². The third-order valence-corrected chi connectivity index (χ3v) is 9.52. The number of amides is 1. The molecule has 218 valence electrons. The molecule has 9 nitrogen and oxygen atoms in total. The molecular weight excluding hydrogens is 610 g/mol. The number of esters is 1. The second-order valence-corrected chi connectivity index (χ2v) is 12.6. The number of carbonyl (C=O) groups is 3. The maximum atomic E-state index is 13.6. The smallest absolute Gasteiger partial charge is 0.337 e. The van der Waals surface area contributed by atoms with E-state index in [0.717, 1.165) is 16.9 Å². The first-order valence-electron chi connectivity index (χ1n) is 13.2. The zero-order valence-electron chi connectivity index (χ0n) is 22.9. The highest BCUT2D eigenvalue weighted by Crippen LogP contribution is 2.44. The fourth-order valence-corrected chi connectivity index (χ4v) is 7.02. The summed E-state index contributed by atoms with van der Waals surface area (Å²) in [7, 11) is 1.28. The molecule has 2 atom stereocenters. The zero-order valence-corrected chi connectivity index (χ0v) is 25.3. The van der Waals surface area contributed by atoms with Crippen LogP contribution >= 0.6 is 34.7 Å². The molecule has 2 aliphatic heterocycles. The van der Waals surface area contributed by atoms with Crippen LogP contribution in [-0.4, -0.2) is 46.2 Å². The number of aromatic nitrogens is 2. The van der Waals surface area contributed by atoms with Crippen molar-refractivity contribution in [3.63, 3.8) is 0 Å². The van der Waals surface area contributed by atoms with Crippen molar-refractivity contribution >= 4 is 63.3 Å². The molecular formula is C31H24ClN3O6S2. The Hall–Kier alpha value is -4.19. The van der Waals surface area contributed by atoms with Gasteiger partial charge in [0.25, 0.3) is 5.78 Å². The number of fused-ring (bicyclic) bond motifs is 1. The maximum Gasteiger partial charge on any atom is 0.337 e. The lowest BCUT2D eigenvalue weighted by atomic mass is 9.94. The van der Waals surface area contributed by atoms with Crippen LogP contribution in [0.2, 0.25) is 5.02 Å². The van der Waals surface area contributed by atoms with Gasteiger partial charge in [-0.1, -0.05) is 59.0 Å². The molecule has 3 aromatic carbocycles. The van der Waals surface area contributed by atoms with E-state index in [-0.39, 0.29) is 22.6 Å². The Kier molecular flexibility index (Phi) is 7.95. The van der Waals surface area contributed by atoms with Gasteiger partial charge in [-0.2, -0.15) is 0 Å². The molecule has 2 aliphatic rings. The van der Waals surface area contributed by atoms with Gasteiger partial charge in [0, 0.05) is 22.8 Å². The highest BCUT2D eigenvalue weighted by atomic mass is 35.5. The molecule has 2 unspecified atom stereocenters. The highest BCUT2D eigenvalue weighted by molar-refractivity contribution is 8.00. The standard InChI is InChI=1S/C31H24ClN3O6S2/c1-16-13-21-14-20(9-12-23(21)41-16)26(36)24-25(18-5-7-19(8-6-18)29(39)40-2)35(28(38)27(24)37)30-33-34-31(43-30)42-15-17-3-10-22(32)11-4-17/h3-12,14,16,25,36H,13,15H2,1-2H3. The largest absolute Gasteiger partial charge is 0.507 e. The van der Waals surface area contributed by atoms with Gasteiger partial charge >= 0.3 is 11.9 Å². The lowest BCUT2D eigenvalue weighted by molar-refractivity contribution is -0.132. The number of hydrogen-bond donors (Lipinski definition) is 1. The Balaban J connectivity index is 1.39. The van der Waals surface area contributed by atoms with Crippen LogP contribution < -0.4 is 9.64 Å². The summed E-state index contributed by atoms with van der Waals surface area (Å²) in [6, 6.07) is 18.0. The molecule has 0 radical (unpaired) electrons. The van der Waals surface area contributed by atoms with E-state index in [9.17, 15) is 19.5 Å². The maximum absolute atomic E-state index is 13.6. The average Bonchev–Trinajstić information content (AvgIpc) is 3.71. The lowest BCUT2D eigenvalue weighted by Gasteiger charge is -2.22. The predicted octanol–water partition coefficient (Wildman–Crippen LogP) is 6.22. The summed E-state index contributed by atoms with van der Waals surface area (Å²) in [5.74, 6) is -1.21. The van der Waals surface area contributed by atoms with E-state index < -0.39 is 23.7 Å². The minimum absolute atomic E-state index is 0.00420. The molecule has 4 aromatic rings. The first kappa shape index (κ1) is 28.9. The number of Topliss-reactive ketones (excluding diaryl/α,β-unsaturated/α-hetero) is 1. The quantitative estimate of drug-likeness (QED) is 0.0632. The SMILES string of the molecule is COC(=O)c1ccc(C2C(=C(O)c3ccc4c(c3)CC(C)O4)C(=O)C(=O)N2c2nnc(SCc3ccc(Cl)cc3)s2)cc1. The molecule has 3 heterocycles. The first-order valence-corrected chi connectivity index (χ1v) is 15.4. The van der Waals surface area contributed by atoms with Crippen LogP contribution in [0.15, 0.2) is 76.6 Å². The first-order chi connectivity index (χ1) is 20.7. The number of nitrogens with zero attached hydrogens (tertiary/aromatic N) is 3. The van der Waals surface area contributed by atoms with Crippen molar-refractivity contribution < 1.29 is 29.0 Å². The lowest BCUT2D eigenvalue weighted by Crippen LogP contribution is -2.29. The van der Waals surface area contributed by atoms with E-state index in [1.54, 1.807) is 42.5 Å². The fourth-order valence-electron chi connectivity index (χ4n) is 5.07. The van der Waals surface area contributed by atoms with E-state index in [0.29, 0.717) is 38.2 Å². The number of ketones is 1. The molecule has 0 spiro atoms. The highest BCUT2D eigenvalue weighted by Gasteiger charge is 2.48. The number of methoxy groups -OCH3 is 1. The second-order valence-electron chi connectivity index (χ2n) is 10.0. The molecule has 6 rings (SSSR count). The van der Waals surface area contributed by atoms with Crippen LogP contribution in [0.3, 0.4) is 0 Å². The number of benzene rings is 3. The van der Waals surface area contributed by atoms with Crippen molar-refractivity contribution in [1.29, 1.82) is 0 Å². The van der Waals surface area contributed by atoms with Crippen molar-refractivity contribution in [3.05, 3.63) is 105 Å². The van der Waals surface area contributed by atoms with Crippen LogP contribution in [0.25, 0.3) is 5.76 Å². The Morgan fingerprint density at radius 2 is 1.81 bits per heavy atom. The molecule has 1 saturated heterocycles. The van der Waals surface area contributed by atoms with E-state index >= 15 is 0 Å². The number of rotatable bonds is 7. The van der Waals surface area contributed by atoms with Crippen molar-refractivity contribution in [2.45, 2.75) is 35.6 Å². The van der Waals surface area contributed by atoms with E-state index in [1.807, 2.05) is 31.2 Å². The molecule has 1 N–H and O–H groups in total. The van der Waals surface area contributed by atoms with Crippen LogP contribution in [0.4, 0.5) is 5.13 Å². The monoisotopic (exact) mass is 633 g/mol. The normalized spacial score (nSPS) is 18.9. The van der Waals surface area contributed by atoms with E-state index in [2.05, 4.69) is 10.2 Å². The summed E-state index contributed by atoms with van der Waals surface area (Å²) in [5.41, 5.74) is 3.03. The van der Waals surface area contributed by atoms with Crippen LogP contribution in [0, 0.1) is 0 Å². The number of halogens is 1. The Morgan fingerprint density at radius 3 is 2.53 bits per heavy atom. The summed E-state index contributed by atoms with van der Waals surface area (Å²) in [6.07, 6.45) is 0.653. The van der Waals surface area contributed by atoms with Gasteiger partial charge < -0.3 is 14.6 Å². The van der Waals surface area contributed by atoms with Gasteiger partial charge in [0.1, 0.15) is 17.6 Å². The number of carbonyl (C=O) groups excluding carboxylic acids is 3. The second kappa shape index (κ2) is 11.8. The van der Waals surface area contributed by atoms with Gasteiger partial charge in [-0.05, 0) is 66.1 Å². The van der Waals surface area contributed by atoms with Gasteiger partial charge in [-0.25, -0.2) is 4.79 Å². The number of aliphatic hydroxyl groups excluding tert-OH is 1. The number of hydrogen-bond acceptors (Lipinski definition) is 10. The van der Waals surface area contributed by atoms with Crippen LogP contribution in [0.5, 0.6) is 5.75 Å². The fraction of sp³-hybridized carbons (Fsp3) is 0.194. The van der Waals surface area contributed by atoms with Crippen molar-refractivity contribution in [1.82, 2.24) is 10.2 Å².